The fraction of sp³-hybridized carbons (Fsp3) is 0.500. The molecule has 0 radical (unpaired) electrons. The van der Waals surface area contributed by atoms with Gasteiger partial charge in [-0.1, -0.05) is 13.0 Å². The fourth-order valence-electron chi connectivity index (χ4n) is 1.10. The molecule has 0 saturated carbocycles. The highest BCUT2D eigenvalue weighted by molar-refractivity contribution is 5.16. The molecular formula is C10H15NO2. The number of aliphatic hydroxyl groups is 2. The molecule has 3 nitrogen and oxygen atoms in total. The average molecular weight is 181 g/mol. The Morgan fingerprint density at radius 2 is 2.08 bits per heavy atom. The summed E-state index contributed by atoms with van der Waals surface area (Å²) in [7, 11) is 0. The first-order valence-electron chi connectivity index (χ1n) is 4.43. The molecule has 0 spiro atoms. The molecular weight excluding hydrogens is 166 g/mol. The summed E-state index contributed by atoms with van der Waals surface area (Å²) in [6.07, 6.45) is 0.607. The molecule has 0 aliphatic rings. The van der Waals surface area contributed by atoms with Crippen LogP contribution in [0.2, 0.25) is 0 Å². The quantitative estimate of drug-likeness (QED) is 0.736. The minimum Gasteiger partial charge on any atom is -0.390 e. The van der Waals surface area contributed by atoms with Crippen LogP contribution in [0.15, 0.2) is 18.3 Å². The van der Waals surface area contributed by atoms with Gasteiger partial charge in [0.15, 0.2) is 0 Å². The van der Waals surface area contributed by atoms with Crippen molar-refractivity contribution in [1.82, 2.24) is 4.98 Å². The third-order valence-electron chi connectivity index (χ3n) is 2.06. The SMILES string of the molecule is CCC(O)C(O)c1ccc(C)nc1. The molecule has 3 heteroatoms. The van der Waals surface area contributed by atoms with E-state index in [1.807, 2.05) is 19.9 Å². The Kier molecular flexibility index (Phi) is 3.39. The highest BCUT2D eigenvalue weighted by atomic mass is 16.3. The first kappa shape index (κ1) is 10.2. The Labute approximate surface area is 78.1 Å². The molecule has 0 bridgehead atoms. The van der Waals surface area contributed by atoms with E-state index in [1.165, 1.54) is 0 Å². The van der Waals surface area contributed by atoms with Crippen molar-refractivity contribution in [2.45, 2.75) is 32.5 Å². The monoisotopic (exact) mass is 181 g/mol. The second-order valence-electron chi connectivity index (χ2n) is 3.15. The van der Waals surface area contributed by atoms with Gasteiger partial charge in [0.2, 0.25) is 0 Å². The predicted octanol–water partition coefficient (Wildman–Crippen LogP) is 1.19. The highest BCUT2D eigenvalue weighted by Crippen LogP contribution is 2.17. The number of aromatic nitrogens is 1. The van der Waals surface area contributed by atoms with Crippen molar-refractivity contribution >= 4 is 0 Å². The normalized spacial score (nSPS) is 15.4. The van der Waals surface area contributed by atoms with Crippen molar-refractivity contribution < 1.29 is 10.2 Å². The summed E-state index contributed by atoms with van der Waals surface area (Å²) in [6.45, 7) is 3.71. The van der Waals surface area contributed by atoms with Crippen molar-refractivity contribution in [1.29, 1.82) is 0 Å². The van der Waals surface area contributed by atoms with Crippen molar-refractivity contribution in [3.8, 4) is 0 Å². The zero-order valence-electron chi connectivity index (χ0n) is 7.94. The van der Waals surface area contributed by atoms with Crippen LogP contribution in [0.25, 0.3) is 0 Å². The summed E-state index contributed by atoms with van der Waals surface area (Å²) >= 11 is 0. The molecule has 13 heavy (non-hydrogen) atoms. The molecule has 1 rings (SSSR count). The Bertz CT molecular complexity index is 258. The molecule has 2 N–H and O–H groups in total. The largest absolute Gasteiger partial charge is 0.390 e. The maximum Gasteiger partial charge on any atom is 0.106 e. The van der Waals surface area contributed by atoms with Crippen LogP contribution in [0.4, 0.5) is 0 Å². The van der Waals surface area contributed by atoms with Crippen molar-refractivity contribution in [2.75, 3.05) is 0 Å². The van der Waals surface area contributed by atoms with Gasteiger partial charge in [-0.2, -0.15) is 0 Å². The number of aliphatic hydroxyl groups excluding tert-OH is 2. The van der Waals surface area contributed by atoms with Crippen LogP contribution < -0.4 is 0 Å². The van der Waals surface area contributed by atoms with E-state index in [9.17, 15) is 10.2 Å². The second kappa shape index (κ2) is 4.35. The van der Waals surface area contributed by atoms with E-state index < -0.39 is 12.2 Å². The van der Waals surface area contributed by atoms with E-state index in [0.29, 0.717) is 12.0 Å². The van der Waals surface area contributed by atoms with E-state index in [2.05, 4.69) is 4.98 Å². The highest BCUT2D eigenvalue weighted by Gasteiger charge is 2.15. The zero-order valence-corrected chi connectivity index (χ0v) is 7.94. The third-order valence-corrected chi connectivity index (χ3v) is 2.06. The minimum absolute atomic E-state index is 0.537. The van der Waals surface area contributed by atoms with Crippen LogP contribution in [-0.2, 0) is 0 Å². The van der Waals surface area contributed by atoms with Crippen molar-refractivity contribution in [3.05, 3.63) is 29.6 Å². The lowest BCUT2D eigenvalue weighted by Gasteiger charge is -2.15. The van der Waals surface area contributed by atoms with Gasteiger partial charge in [0.05, 0.1) is 6.10 Å². The number of nitrogens with zero attached hydrogens (tertiary/aromatic N) is 1. The molecule has 0 fully saturated rings. The molecule has 72 valence electrons. The smallest absolute Gasteiger partial charge is 0.106 e. The Morgan fingerprint density at radius 1 is 1.38 bits per heavy atom. The maximum absolute atomic E-state index is 9.59. The van der Waals surface area contributed by atoms with Gasteiger partial charge in [0, 0.05) is 17.5 Å². The first-order chi connectivity index (χ1) is 6.15. The predicted molar refractivity (Wildman–Crippen MR) is 50.2 cm³/mol. The van der Waals surface area contributed by atoms with Gasteiger partial charge < -0.3 is 10.2 Å². The summed E-state index contributed by atoms with van der Waals surface area (Å²) in [5.41, 5.74) is 1.57. The van der Waals surface area contributed by atoms with Crippen LogP contribution in [-0.4, -0.2) is 21.3 Å². The molecule has 0 saturated heterocycles. The van der Waals surface area contributed by atoms with E-state index in [4.69, 9.17) is 0 Å². The van der Waals surface area contributed by atoms with E-state index >= 15 is 0 Å². The molecule has 1 aromatic heterocycles. The fourth-order valence-corrected chi connectivity index (χ4v) is 1.10. The lowest BCUT2D eigenvalue weighted by atomic mass is 10.0. The van der Waals surface area contributed by atoms with Crippen LogP contribution in [0, 0.1) is 6.92 Å². The van der Waals surface area contributed by atoms with Crippen LogP contribution >= 0.6 is 0 Å². The Morgan fingerprint density at radius 3 is 2.54 bits per heavy atom. The van der Waals surface area contributed by atoms with Gasteiger partial charge in [-0.3, -0.25) is 4.98 Å². The number of hydrogen-bond donors (Lipinski definition) is 2. The number of aryl methyl sites for hydroxylation is 1. The molecule has 1 aromatic rings. The van der Waals surface area contributed by atoms with E-state index in [0.717, 1.165) is 5.69 Å². The van der Waals surface area contributed by atoms with E-state index in [1.54, 1.807) is 12.3 Å². The molecule has 0 aliphatic heterocycles. The number of pyridine rings is 1. The summed E-state index contributed by atoms with van der Waals surface area (Å²) in [5.74, 6) is 0. The lowest BCUT2D eigenvalue weighted by molar-refractivity contribution is 0.0163. The minimum atomic E-state index is -0.821. The summed E-state index contributed by atoms with van der Waals surface area (Å²) in [6, 6.07) is 3.60. The van der Waals surface area contributed by atoms with Crippen molar-refractivity contribution in [2.24, 2.45) is 0 Å². The molecule has 1 heterocycles. The molecule has 0 aliphatic carbocycles. The van der Waals surface area contributed by atoms with Crippen LogP contribution in [0.5, 0.6) is 0 Å². The topological polar surface area (TPSA) is 53.4 Å². The summed E-state index contributed by atoms with van der Waals surface area (Å²) in [5, 5.41) is 19.0. The maximum atomic E-state index is 9.59. The third kappa shape index (κ3) is 2.50. The van der Waals surface area contributed by atoms with Crippen molar-refractivity contribution in [3.63, 3.8) is 0 Å². The van der Waals surface area contributed by atoms with Gasteiger partial charge in [-0.25, -0.2) is 0 Å². The summed E-state index contributed by atoms with van der Waals surface area (Å²) < 4.78 is 0. The average Bonchev–Trinajstić information content (AvgIpc) is 2.17. The number of hydrogen-bond acceptors (Lipinski definition) is 3. The van der Waals surface area contributed by atoms with E-state index in [-0.39, 0.29) is 0 Å². The Hall–Kier alpha value is -0.930. The van der Waals surface area contributed by atoms with Crippen LogP contribution in [0.3, 0.4) is 0 Å². The van der Waals surface area contributed by atoms with Gasteiger partial charge in [0.1, 0.15) is 6.10 Å². The first-order valence-corrected chi connectivity index (χ1v) is 4.43. The molecule has 0 amide bonds. The second-order valence-corrected chi connectivity index (χ2v) is 3.15. The van der Waals surface area contributed by atoms with Crippen LogP contribution in [0.1, 0.15) is 30.7 Å². The standard InChI is InChI=1S/C10H15NO2/c1-3-9(12)10(13)8-5-4-7(2)11-6-8/h4-6,9-10,12-13H,3H2,1-2H3. The molecule has 0 aromatic carbocycles. The molecule has 2 unspecified atom stereocenters. The zero-order chi connectivity index (χ0) is 9.84. The van der Waals surface area contributed by atoms with Gasteiger partial charge in [-0.05, 0) is 19.4 Å². The van der Waals surface area contributed by atoms with Gasteiger partial charge in [0.25, 0.3) is 0 Å². The van der Waals surface area contributed by atoms with Gasteiger partial charge in [-0.15, -0.1) is 0 Å². The summed E-state index contributed by atoms with van der Waals surface area (Å²) in [4.78, 5) is 4.05. The lowest BCUT2D eigenvalue weighted by Crippen LogP contribution is -2.17. The van der Waals surface area contributed by atoms with Gasteiger partial charge >= 0.3 is 0 Å². The number of rotatable bonds is 3. The molecule has 2 atom stereocenters. The Balaban J connectivity index is 2.77.